The number of rotatable bonds is 5. The van der Waals surface area contributed by atoms with Gasteiger partial charge in [-0.2, -0.15) is 0 Å². The van der Waals surface area contributed by atoms with Crippen LogP contribution < -0.4 is 0 Å². The summed E-state index contributed by atoms with van der Waals surface area (Å²) in [4.78, 5) is 14.3. The van der Waals surface area contributed by atoms with Gasteiger partial charge in [-0.15, -0.1) is 10.2 Å². The molecule has 0 spiro atoms. The summed E-state index contributed by atoms with van der Waals surface area (Å²) in [6.45, 7) is 0. The summed E-state index contributed by atoms with van der Waals surface area (Å²) in [5.41, 5.74) is 0.811. The predicted octanol–water partition coefficient (Wildman–Crippen LogP) is 4.66. The summed E-state index contributed by atoms with van der Waals surface area (Å²) < 4.78 is 5.63. The van der Waals surface area contributed by atoms with Crippen molar-refractivity contribution in [2.75, 3.05) is 12.8 Å². The van der Waals surface area contributed by atoms with E-state index in [1.54, 1.807) is 12.1 Å². The molecule has 0 atom stereocenters. The van der Waals surface area contributed by atoms with Gasteiger partial charge < -0.3 is 9.32 Å². The zero-order chi connectivity index (χ0) is 17.6. The molecule has 134 valence electrons. The van der Waals surface area contributed by atoms with E-state index < -0.39 is 0 Å². The van der Waals surface area contributed by atoms with Crippen LogP contribution in [0.5, 0.6) is 0 Å². The molecule has 7 heteroatoms. The van der Waals surface area contributed by atoms with Gasteiger partial charge in [-0.25, -0.2) is 0 Å². The van der Waals surface area contributed by atoms with E-state index in [2.05, 4.69) is 10.2 Å². The lowest BCUT2D eigenvalue weighted by Crippen LogP contribution is -2.37. The quantitative estimate of drug-likeness (QED) is 0.558. The van der Waals surface area contributed by atoms with Crippen molar-refractivity contribution in [1.82, 2.24) is 15.1 Å². The highest BCUT2D eigenvalue weighted by Crippen LogP contribution is 2.26. The first-order valence-corrected chi connectivity index (χ1v) is 9.98. The first-order valence-electron chi connectivity index (χ1n) is 8.61. The van der Waals surface area contributed by atoms with Crippen molar-refractivity contribution in [3.8, 4) is 11.5 Å². The number of nitrogens with zero attached hydrogens (tertiary/aromatic N) is 3. The largest absolute Gasteiger partial charge is 0.411 e. The minimum Gasteiger partial charge on any atom is -0.411 e. The maximum Gasteiger partial charge on any atom is 0.277 e. The lowest BCUT2D eigenvalue weighted by atomic mass is 10.1. The highest BCUT2D eigenvalue weighted by atomic mass is 35.5. The number of hydrogen-bond acceptors (Lipinski definition) is 5. The van der Waals surface area contributed by atoms with Crippen LogP contribution in [0, 0.1) is 0 Å². The van der Waals surface area contributed by atoms with Gasteiger partial charge in [0.1, 0.15) is 0 Å². The van der Waals surface area contributed by atoms with Crippen LogP contribution in [-0.2, 0) is 4.79 Å². The molecule has 1 fully saturated rings. The van der Waals surface area contributed by atoms with Crippen LogP contribution in [-0.4, -0.2) is 39.8 Å². The molecule has 0 saturated heterocycles. The number of carbonyl (C=O) groups excluding carboxylic acids is 1. The van der Waals surface area contributed by atoms with Crippen LogP contribution in [0.4, 0.5) is 0 Å². The molecule has 0 unspecified atom stereocenters. The topological polar surface area (TPSA) is 59.2 Å². The van der Waals surface area contributed by atoms with Gasteiger partial charge in [-0.1, -0.05) is 49.0 Å². The van der Waals surface area contributed by atoms with Crippen molar-refractivity contribution < 1.29 is 9.21 Å². The lowest BCUT2D eigenvalue weighted by Gasteiger charge is -2.27. The highest BCUT2D eigenvalue weighted by molar-refractivity contribution is 7.99. The third-order valence-corrected chi connectivity index (χ3v) is 5.64. The van der Waals surface area contributed by atoms with Crippen LogP contribution in [0.3, 0.4) is 0 Å². The third kappa shape index (κ3) is 4.98. The molecule has 1 aliphatic rings. The first kappa shape index (κ1) is 18.3. The number of hydrogen-bond donors (Lipinski definition) is 0. The standard InChI is InChI=1S/C18H22ClN3O2S/c1-22(15-6-4-2-3-5-7-15)16(23)12-25-18-21-20-17(24-18)13-8-10-14(19)11-9-13/h8-11,15H,2-7,12H2,1H3. The number of thioether (sulfide) groups is 1. The van der Waals surface area contributed by atoms with E-state index in [0.29, 0.717) is 27.9 Å². The monoisotopic (exact) mass is 379 g/mol. The molecule has 1 aromatic carbocycles. The number of carbonyl (C=O) groups is 1. The zero-order valence-electron chi connectivity index (χ0n) is 14.3. The summed E-state index contributed by atoms with van der Waals surface area (Å²) in [5, 5.41) is 9.12. The Morgan fingerprint density at radius 1 is 1.20 bits per heavy atom. The van der Waals surface area contributed by atoms with Gasteiger partial charge in [0.05, 0.1) is 5.75 Å². The van der Waals surface area contributed by atoms with E-state index >= 15 is 0 Å². The fraction of sp³-hybridized carbons (Fsp3) is 0.500. The predicted molar refractivity (Wildman–Crippen MR) is 99.7 cm³/mol. The summed E-state index contributed by atoms with van der Waals surface area (Å²) >= 11 is 7.17. The van der Waals surface area contributed by atoms with Gasteiger partial charge in [0.2, 0.25) is 11.8 Å². The molecule has 0 bridgehead atoms. The lowest BCUT2D eigenvalue weighted by molar-refractivity contribution is -0.129. The van der Waals surface area contributed by atoms with E-state index in [9.17, 15) is 4.79 Å². The van der Waals surface area contributed by atoms with E-state index in [-0.39, 0.29) is 5.91 Å². The maximum atomic E-state index is 12.4. The van der Waals surface area contributed by atoms with Gasteiger partial charge >= 0.3 is 0 Å². The van der Waals surface area contributed by atoms with Gasteiger partial charge in [0.25, 0.3) is 5.22 Å². The molecule has 3 rings (SSSR count). The molecule has 1 heterocycles. The Morgan fingerprint density at radius 2 is 1.88 bits per heavy atom. The normalized spacial score (nSPS) is 15.8. The minimum atomic E-state index is 0.114. The van der Waals surface area contributed by atoms with Crippen LogP contribution in [0.25, 0.3) is 11.5 Å². The minimum absolute atomic E-state index is 0.114. The smallest absolute Gasteiger partial charge is 0.277 e. The van der Waals surface area contributed by atoms with Gasteiger partial charge in [-0.05, 0) is 37.1 Å². The molecule has 5 nitrogen and oxygen atoms in total. The third-order valence-electron chi connectivity index (χ3n) is 4.58. The molecular formula is C18H22ClN3O2S. The molecule has 0 radical (unpaired) electrons. The second-order valence-corrected chi connectivity index (χ2v) is 7.68. The summed E-state index contributed by atoms with van der Waals surface area (Å²) in [6, 6.07) is 7.57. The maximum absolute atomic E-state index is 12.4. The Kier molecular flexibility index (Phi) is 6.37. The molecule has 1 aromatic heterocycles. The van der Waals surface area contributed by atoms with E-state index in [1.807, 2.05) is 24.1 Å². The molecule has 0 N–H and O–H groups in total. The molecule has 0 aliphatic heterocycles. The zero-order valence-corrected chi connectivity index (χ0v) is 15.9. The van der Waals surface area contributed by atoms with Crippen molar-refractivity contribution in [3.05, 3.63) is 29.3 Å². The molecule has 1 aliphatic carbocycles. The summed E-state index contributed by atoms with van der Waals surface area (Å²) in [5.74, 6) is 0.863. The number of amides is 1. The molecule has 2 aromatic rings. The Morgan fingerprint density at radius 3 is 2.56 bits per heavy atom. The van der Waals surface area contributed by atoms with E-state index in [0.717, 1.165) is 18.4 Å². The fourth-order valence-corrected chi connectivity index (χ4v) is 3.86. The Labute approximate surface area is 157 Å². The number of halogens is 1. The Hall–Kier alpha value is -1.53. The van der Waals surface area contributed by atoms with Crippen molar-refractivity contribution >= 4 is 29.3 Å². The second-order valence-electron chi connectivity index (χ2n) is 6.32. The average molecular weight is 380 g/mol. The van der Waals surface area contributed by atoms with Gasteiger partial charge in [0.15, 0.2) is 0 Å². The number of benzene rings is 1. The molecule has 1 saturated carbocycles. The SMILES string of the molecule is CN(C(=O)CSc1nnc(-c2ccc(Cl)cc2)o1)C1CCCCCC1. The van der Waals surface area contributed by atoms with Crippen molar-refractivity contribution in [2.45, 2.75) is 49.8 Å². The van der Waals surface area contributed by atoms with Crippen LogP contribution in [0.2, 0.25) is 5.02 Å². The first-order chi connectivity index (χ1) is 12.1. The summed E-state index contributed by atoms with van der Waals surface area (Å²) in [7, 11) is 1.91. The molecule has 1 amide bonds. The van der Waals surface area contributed by atoms with E-state index in [4.69, 9.17) is 16.0 Å². The number of aromatic nitrogens is 2. The summed E-state index contributed by atoms with van der Waals surface area (Å²) in [6.07, 6.45) is 7.20. The highest BCUT2D eigenvalue weighted by Gasteiger charge is 2.22. The fourth-order valence-electron chi connectivity index (χ4n) is 3.05. The van der Waals surface area contributed by atoms with E-state index in [1.165, 1.54) is 37.4 Å². The van der Waals surface area contributed by atoms with Crippen LogP contribution in [0.1, 0.15) is 38.5 Å². The van der Waals surface area contributed by atoms with Gasteiger partial charge in [-0.3, -0.25) is 4.79 Å². The Balaban J connectivity index is 1.54. The van der Waals surface area contributed by atoms with Crippen LogP contribution >= 0.6 is 23.4 Å². The Bertz CT molecular complexity index is 697. The second kappa shape index (κ2) is 8.72. The molecular weight excluding hydrogens is 358 g/mol. The van der Waals surface area contributed by atoms with Crippen molar-refractivity contribution in [3.63, 3.8) is 0 Å². The van der Waals surface area contributed by atoms with Crippen molar-refractivity contribution in [1.29, 1.82) is 0 Å². The average Bonchev–Trinajstić information content (AvgIpc) is 2.93. The van der Waals surface area contributed by atoms with Crippen molar-refractivity contribution in [2.24, 2.45) is 0 Å². The van der Waals surface area contributed by atoms with Crippen LogP contribution in [0.15, 0.2) is 33.9 Å². The van der Waals surface area contributed by atoms with Gasteiger partial charge in [0, 0.05) is 23.7 Å². The molecule has 25 heavy (non-hydrogen) atoms.